The third-order valence-electron chi connectivity index (χ3n) is 2.48. The number of rotatable bonds is 4. The second-order valence-corrected chi connectivity index (χ2v) is 5.26. The minimum Gasteiger partial charge on any atom is -0.339 e. The number of pyridine rings is 1. The highest BCUT2D eigenvalue weighted by Crippen LogP contribution is 2.14. The molecule has 94 valence electrons. The Morgan fingerprint density at radius 2 is 2.00 bits per heavy atom. The molecule has 1 amide bonds. The van der Waals surface area contributed by atoms with Gasteiger partial charge in [-0.15, -0.1) is 0 Å². The van der Waals surface area contributed by atoms with Gasteiger partial charge in [0.15, 0.2) is 0 Å². The van der Waals surface area contributed by atoms with Crippen molar-refractivity contribution in [1.82, 2.24) is 14.8 Å². The van der Waals surface area contributed by atoms with Crippen molar-refractivity contribution >= 4 is 21.8 Å². The highest BCUT2D eigenvalue weighted by molar-refractivity contribution is 9.10. The number of amides is 1. The molecule has 0 saturated heterocycles. The largest absolute Gasteiger partial charge is 0.339 e. The summed E-state index contributed by atoms with van der Waals surface area (Å²) in [5.41, 5.74) is 1.41. The Kier molecular flexibility index (Phi) is 5.08. The lowest BCUT2D eigenvalue weighted by atomic mass is 10.2. The number of hydrogen-bond donors (Lipinski definition) is 0. The minimum absolute atomic E-state index is 0.0307. The highest BCUT2D eigenvalue weighted by Gasteiger charge is 2.15. The van der Waals surface area contributed by atoms with Crippen molar-refractivity contribution in [2.24, 2.45) is 0 Å². The van der Waals surface area contributed by atoms with Crippen LogP contribution >= 0.6 is 15.9 Å². The first-order chi connectivity index (χ1) is 7.91. The first-order valence-corrected chi connectivity index (χ1v) is 6.23. The van der Waals surface area contributed by atoms with Crippen molar-refractivity contribution in [3.8, 4) is 0 Å². The molecule has 0 aliphatic heterocycles. The van der Waals surface area contributed by atoms with Crippen LogP contribution in [-0.2, 0) is 0 Å². The van der Waals surface area contributed by atoms with Gasteiger partial charge in [0.25, 0.3) is 5.91 Å². The summed E-state index contributed by atoms with van der Waals surface area (Å²) in [4.78, 5) is 20.0. The van der Waals surface area contributed by atoms with Gasteiger partial charge in [-0.25, -0.2) is 4.98 Å². The Morgan fingerprint density at radius 3 is 2.53 bits per heavy atom. The van der Waals surface area contributed by atoms with Crippen LogP contribution in [0.2, 0.25) is 0 Å². The predicted octanol–water partition coefficient (Wildman–Crippen LogP) is 1.79. The van der Waals surface area contributed by atoms with E-state index in [1.54, 1.807) is 18.1 Å². The number of carbonyl (C=O) groups is 1. The van der Waals surface area contributed by atoms with Gasteiger partial charge >= 0.3 is 0 Å². The summed E-state index contributed by atoms with van der Waals surface area (Å²) in [6.07, 6.45) is 1.65. The standard InChI is InChI=1S/C12H18BrN3O/c1-9-7-10(13)8-14-11(9)12(17)16(4)6-5-15(2)3/h7-8H,5-6H2,1-4H3. The third-order valence-corrected chi connectivity index (χ3v) is 2.91. The third kappa shape index (κ3) is 4.09. The van der Waals surface area contributed by atoms with E-state index in [4.69, 9.17) is 0 Å². The Bertz CT molecular complexity index is 407. The van der Waals surface area contributed by atoms with E-state index in [0.29, 0.717) is 12.2 Å². The summed E-state index contributed by atoms with van der Waals surface area (Å²) >= 11 is 3.34. The van der Waals surface area contributed by atoms with E-state index in [-0.39, 0.29) is 5.91 Å². The zero-order chi connectivity index (χ0) is 13.0. The predicted molar refractivity (Wildman–Crippen MR) is 72.2 cm³/mol. The van der Waals surface area contributed by atoms with Crippen molar-refractivity contribution in [3.63, 3.8) is 0 Å². The summed E-state index contributed by atoms with van der Waals surface area (Å²) in [6, 6.07) is 1.90. The molecule has 0 unspecified atom stereocenters. The van der Waals surface area contributed by atoms with Crippen LogP contribution in [0.25, 0.3) is 0 Å². The molecule has 0 aliphatic carbocycles. The summed E-state index contributed by atoms with van der Waals surface area (Å²) in [7, 11) is 5.78. The average Bonchev–Trinajstić information content (AvgIpc) is 2.25. The topological polar surface area (TPSA) is 36.4 Å². The van der Waals surface area contributed by atoms with Crippen LogP contribution in [-0.4, -0.2) is 54.9 Å². The van der Waals surface area contributed by atoms with E-state index in [1.165, 1.54) is 0 Å². The minimum atomic E-state index is -0.0307. The summed E-state index contributed by atoms with van der Waals surface area (Å²) in [5, 5.41) is 0. The molecule has 1 aromatic rings. The summed E-state index contributed by atoms with van der Waals surface area (Å²) in [6.45, 7) is 3.44. The first kappa shape index (κ1) is 14.1. The average molecular weight is 300 g/mol. The first-order valence-electron chi connectivity index (χ1n) is 5.44. The van der Waals surface area contributed by atoms with E-state index in [0.717, 1.165) is 16.6 Å². The lowest BCUT2D eigenvalue weighted by Crippen LogP contribution is -2.34. The van der Waals surface area contributed by atoms with Crippen molar-refractivity contribution < 1.29 is 4.79 Å². The quantitative estimate of drug-likeness (QED) is 0.850. The fourth-order valence-corrected chi connectivity index (χ4v) is 1.84. The number of nitrogens with zero attached hydrogens (tertiary/aromatic N) is 3. The number of likely N-dealkylation sites (N-methyl/N-ethyl adjacent to an activating group) is 2. The van der Waals surface area contributed by atoms with Crippen LogP contribution in [0.4, 0.5) is 0 Å². The molecule has 0 aromatic carbocycles. The van der Waals surface area contributed by atoms with E-state index < -0.39 is 0 Å². The van der Waals surface area contributed by atoms with Gasteiger partial charge in [-0.05, 0) is 48.6 Å². The molecule has 0 radical (unpaired) electrons. The van der Waals surface area contributed by atoms with Crippen LogP contribution in [0.5, 0.6) is 0 Å². The van der Waals surface area contributed by atoms with Gasteiger partial charge in [0, 0.05) is 30.8 Å². The van der Waals surface area contributed by atoms with E-state index in [2.05, 4.69) is 20.9 Å². The lowest BCUT2D eigenvalue weighted by molar-refractivity contribution is 0.0779. The molecule has 0 atom stereocenters. The van der Waals surface area contributed by atoms with E-state index in [9.17, 15) is 4.79 Å². The molecule has 1 aromatic heterocycles. The maximum atomic E-state index is 12.1. The van der Waals surface area contributed by atoms with E-state index in [1.807, 2.05) is 32.0 Å². The second kappa shape index (κ2) is 6.12. The molecule has 0 spiro atoms. The van der Waals surface area contributed by atoms with Gasteiger partial charge in [0.2, 0.25) is 0 Å². The maximum absolute atomic E-state index is 12.1. The molecule has 0 saturated carbocycles. The Balaban J connectivity index is 2.75. The smallest absolute Gasteiger partial charge is 0.272 e. The Hall–Kier alpha value is -0.940. The SMILES string of the molecule is Cc1cc(Br)cnc1C(=O)N(C)CCN(C)C. The van der Waals surface area contributed by atoms with Crippen LogP contribution in [0.3, 0.4) is 0 Å². The molecule has 5 heteroatoms. The van der Waals surface area contributed by atoms with Crippen molar-refractivity contribution in [2.45, 2.75) is 6.92 Å². The molecule has 1 heterocycles. The second-order valence-electron chi connectivity index (χ2n) is 4.35. The molecule has 4 nitrogen and oxygen atoms in total. The monoisotopic (exact) mass is 299 g/mol. The van der Waals surface area contributed by atoms with Gasteiger partial charge in [0.1, 0.15) is 5.69 Å². The van der Waals surface area contributed by atoms with Crippen molar-refractivity contribution in [1.29, 1.82) is 0 Å². The van der Waals surface area contributed by atoms with Gasteiger partial charge in [0.05, 0.1) is 0 Å². The van der Waals surface area contributed by atoms with Crippen LogP contribution in [0.1, 0.15) is 16.1 Å². The zero-order valence-electron chi connectivity index (χ0n) is 10.7. The summed E-state index contributed by atoms with van der Waals surface area (Å²) < 4.78 is 0.891. The maximum Gasteiger partial charge on any atom is 0.272 e. The molecule has 0 fully saturated rings. The number of halogens is 1. The van der Waals surface area contributed by atoms with Crippen LogP contribution in [0, 0.1) is 6.92 Å². The molecule has 0 bridgehead atoms. The van der Waals surface area contributed by atoms with Gasteiger partial charge in [-0.1, -0.05) is 0 Å². The molecule has 17 heavy (non-hydrogen) atoms. The Morgan fingerprint density at radius 1 is 1.35 bits per heavy atom. The zero-order valence-corrected chi connectivity index (χ0v) is 12.3. The van der Waals surface area contributed by atoms with Gasteiger partial charge in [-0.2, -0.15) is 0 Å². The number of aromatic nitrogens is 1. The van der Waals surface area contributed by atoms with E-state index >= 15 is 0 Å². The molecule has 0 N–H and O–H groups in total. The normalized spacial score (nSPS) is 10.7. The van der Waals surface area contributed by atoms with Crippen LogP contribution in [0.15, 0.2) is 16.7 Å². The molecular formula is C12H18BrN3O. The number of carbonyl (C=O) groups excluding carboxylic acids is 1. The van der Waals surface area contributed by atoms with Crippen molar-refractivity contribution in [3.05, 3.63) is 28.0 Å². The van der Waals surface area contributed by atoms with Gasteiger partial charge in [-0.3, -0.25) is 4.79 Å². The fraction of sp³-hybridized carbons (Fsp3) is 0.500. The summed E-state index contributed by atoms with van der Waals surface area (Å²) in [5.74, 6) is -0.0307. The molecule has 1 rings (SSSR count). The molecular weight excluding hydrogens is 282 g/mol. The lowest BCUT2D eigenvalue weighted by Gasteiger charge is -2.20. The van der Waals surface area contributed by atoms with Gasteiger partial charge < -0.3 is 9.80 Å². The fourth-order valence-electron chi connectivity index (χ4n) is 1.40. The van der Waals surface area contributed by atoms with Crippen molar-refractivity contribution in [2.75, 3.05) is 34.2 Å². The Labute approximate surface area is 111 Å². The van der Waals surface area contributed by atoms with Crippen LogP contribution < -0.4 is 0 Å². The number of hydrogen-bond acceptors (Lipinski definition) is 3. The highest BCUT2D eigenvalue weighted by atomic mass is 79.9. The number of aryl methyl sites for hydroxylation is 1. The molecule has 0 aliphatic rings.